The molecule has 0 unspecified atom stereocenters. The molecule has 1 heterocycles. The number of rotatable bonds is 3. The molecule has 1 aromatic heterocycles. The van der Waals surface area contributed by atoms with Gasteiger partial charge in [0.25, 0.3) is 0 Å². The molecule has 96 valence electrons. The lowest BCUT2D eigenvalue weighted by Gasteiger charge is -2.08. The molecule has 18 heavy (non-hydrogen) atoms. The molecule has 0 aliphatic rings. The van der Waals surface area contributed by atoms with Crippen LogP contribution in [0, 0.1) is 12.7 Å². The highest BCUT2D eigenvalue weighted by Gasteiger charge is 2.14. The topological polar surface area (TPSA) is 27.1 Å². The SMILES string of the molecule is Cc1nn(C)c(Oc2ccc(Br)c(F)c2)c1CBr. The van der Waals surface area contributed by atoms with Crippen LogP contribution in [0.4, 0.5) is 4.39 Å². The van der Waals surface area contributed by atoms with Crippen LogP contribution in [0.1, 0.15) is 11.3 Å². The van der Waals surface area contributed by atoms with Crippen molar-refractivity contribution in [2.24, 2.45) is 7.05 Å². The average Bonchev–Trinajstić information content (AvgIpc) is 2.58. The number of aromatic nitrogens is 2. The Labute approximate surface area is 121 Å². The van der Waals surface area contributed by atoms with Crippen LogP contribution in [0.2, 0.25) is 0 Å². The molecule has 0 fully saturated rings. The van der Waals surface area contributed by atoms with Gasteiger partial charge in [0, 0.05) is 24.0 Å². The number of nitrogens with zero attached hydrogens (tertiary/aromatic N) is 2. The van der Waals surface area contributed by atoms with Gasteiger partial charge in [-0.2, -0.15) is 5.10 Å². The van der Waals surface area contributed by atoms with Crippen molar-refractivity contribution < 1.29 is 9.13 Å². The third kappa shape index (κ3) is 2.59. The molecule has 1 aromatic carbocycles. The molecule has 3 nitrogen and oxygen atoms in total. The molecule has 0 amide bonds. The minimum Gasteiger partial charge on any atom is -0.439 e. The van der Waals surface area contributed by atoms with Gasteiger partial charge in [-0.1, -0.05) is 15.9 Å². The van der Waals surface area contributed by atoms with Gasteiger partial charge >= 0.3 is 0 Å². The number of alkyl halides is 1. The smallest absolute Gasteiger partial charge is 0.221 e. The second-order valence-corrected chi connectivity index (χ2v) is 5.22. The highest BCUT2D eigenvalue weighted by Crippen LogP contribution is 2.30. The fraction of sp³-hybridized carbons (Fsp3) is 0.250. The standard InChI is InChI=1S/C12H11Br2FN2O/c1-7-9(6-13)12(17(2)16-7)18-8-3-4-10(14)11(15)5-8/h3-5H,6H2,1-2H3. The van der Waals surface area contributed by atoms with Crippen LogP contribution in [0.5, 0.6) is 11.6 Å². The van der Waals surface area contributed by atoms with E-state index in [-0.39, 0.29) is 5.82 Å². The lowest BCUT2D eigenvalue weighted by atomic mass is 10.3. The zero-order chi connectivity index (χ0) is 13.3. The normalized spacial score (nSPS) is 10.7. The Morgan fingerprint density at radius 2 is 2.17 bits per heavy atom. The van der Waals surface area contributed by atoms with Gasteiger partial charge in [0.05, 0.1) is 10.2 Å². The molecule has 0 saturated heterocycles. The van der Waals surface area contributed by atoms with E-state index in [2.05, 4.69) is 37.0 Å². The molecule has 2 aromatic rings. The maximum atomic E-state index is 13.4. The Hall–Kier alpha value is -0.880. The monoisotopic (exact) mass is 376 g/mol. The first-order valence-electron chi connectivity index (χ1n) is 5.24. The molecule has 0 aliphatic carbocycles. The highest BCUT2D eigenvalue weighted by atomic mass is 79.9. The molecule has 0 aliphatic heterocycles. The van der Waals surface area contributed by atoms with E-state index in [0.29, 0.717) is 21.4 Å². The van der Waals surface area contributed by atoms with E-state index < -0.39 is 0 Å². The van der Waals surface area contributed by atoms with Crippen molar-refractivity contribution in [1.29, 1.82) is 0 Å². The van der Waals surface area contributed by atoms with Crippen LogP contribution >= 0.6 is 31.9 Å². The second-order valence-electron chi connectivity index (χ2n) is 3.80. The largest absolute Gasteiger partial charge is 0.439 e. The quantitative estimate of drug-likeness (QED) is 0.745. The van der Waals surface area contributed by atoms with Crippen molar-refractivity contribution in [3.8, 4) is 11.6 Å². The summed E-state index contributed by atoms with van der Waals surface area (Å²) in [5.41, 5.74) is 1.85. The summed E-state index contributed by atoms with van der Waals surface area (Å²) in [6.07, 6.45) is 0. The lowest BCUT2D eigenvalue weighted by Crippen LogP contribution is -1.96. The zero-order valence-corrected chi connectivity index (χ0v) is 13.0. The van der Waals surface area contributed by atoms with Crippen LogP contribution in [0.15, 0.2) is 22.7 Å². The summed E-state index contributed by atoms with van der Waals surface area (Å²) in [6, 6.07) is 4.65. The minimum atomic E-state index is -0.355. The Balaban J connectivity index is 2.36. The van der Waals surface area contributed by atoms with Crippen molar-refractivity contribution in [2.75, 3.05) is 0 Å². The van der Waals surface area contributed by atoms with Gasteiger partial charge in [0.1, 0.15) is 11.6 Å². The Bertz CT molecular complexity index is 584. The molecular formula is C12H11Br2FN2O. The van der Waals surface area contributed by atoms with Crippen LogP contribution < -0.4 is 4.74 Å². The van der Waals surface area contributed by atoms with Crippen LogP contribution in [0.25, 0.3) is 0 Å². The summed E-state index contributed by atoms with van der Waals surface area (Å²) in [4.78, 5) is 0. The van der Waals surface area contributed by atoms with E-state index in [9.17, 15) is 4.39 Å². The van der Waals surface area contributed by atoms with Crippen LogP contribution in [-0.2, 0) is 12.4 Å². The number of benzene rings is 1. The summed E-state index contributed by atoms with van der Waals surface area (Å²) < 4.78 is 21.2. The van der Waals surface area contributed by atoms with Crippen molar-refractivity contribution in [3.63, 3.8) is 0 Å². The van der Waals surface area contributed by atoms with E-state index in [4.69, 9.17) is 4.74 Å². The van der Waals surface area contributed by atoms with Crippen molar-refractivity contribution in [2.45, 2.75) is 12.3 Å². The lowest BCUT2D eigenvalue weighted by molar-refractivity contribution is 0.424. The number of halogens is 3. The summed E-state index contributed by atoms with van der Waals surface area (Å²) in [5, 5.41) is 4.92. The Kier molecular flexibility index (Phi) is 4.07. The first-order chi connectivity index (χ1) is 8.52. The molecule has 6 heteroatoms. The third-order valence-electron chi connectivity index (χ3n) is 2.53. The zero-order valence-electron chi connectivity index (χ0n) is 9.88. The fourth-order valence-corrected chi connectivity index (χ4v) is 2.51. The van der Waals surface area contributed by atoms with Gasteiger partial charge in [0.15, 0.2) is 0 Å². The summed E-state index contributed by atoms with van der Waals surface area (Å²) in [5.74, 6) is 0.707. The molecule has 0 spiro atoms. The van der Waals surface area contributed by atoms with Crippen LogP contribution in [-0.4, -0.2) is 9.78 Å². The fourth-order valence-electron chi connectivity index (χ4n) is 1.61. The summed E-state index contributed by atoms with van der Waals surface area (Å²) >= 11 is 6.50. The predicted molar refractivity (Wildman–Crippen MR) is 74.8 cm³/mol. The van der Waals surface area contributed by atoms with Crippen molar-refractivity contribution in [1.82, 2.24) is 9.78 Å². The predicted octanol–water partition coefficient (Wildman–Crippen LogP) is 4.32. The minimum absolute atomic E-state index is 0.355. The van der Waals surface area contributed by atoms with Crippen molar-refractivity contribution in [3.05, 3.63) is 39.7 Å². The van der Waals surface area contributed by atoms with Gasteiger partial charge < -0.3 is 4.74 Å². The maximum Gasteiger partial charge on any atom is 0.221 e. The number of hydrogen-bond acceptors (Lipinski definition) is 2. The molecule has 0 N–H and O–H groups in total. The highest BCUT2D eigenvalue weighted by molar-refractivity contribution is 9.10. The third-order valence-corrected chi connectivity index (χ3v) is 3.73. The van der Waals surface area contributed by atoms with Gasteiger partial charge in [-0.15, -0.1) is 0 Å². The van der Waals surface area contributed by atoms with Gasteiger partial charge in [-0.25, -0.2) is 9.07 Å². The van der Waals surface area contributed by atoms with E-state index in [1.165, 1.54) is 6.07 Å². The Morgan fingerprint density at radius 3 is 2.78 bits per heavy atom. The summed E-state index contributed by atoms with van der Waals surface area (Å²) in [6.45, 7) is 1.91. The van der Waals surface area contributed by atoms with Crippen LogP contribution in [0.3, 0.4) is 0 Å². The average molecular weight is 378 g/mol. The van der Waals surface area contributed by atoms with Gasteiger partial charge in [-0.05, 0) is 35.0 Å². The number of hydrogen-bond donors (Lipinski definition) is 0. The van der Waals surface area contributed by atoms with Gasteiger partial charge in [-0.3, -0.25) is 0 Å². The number of ether oxygens (including phenoxy) is 1. The molecule has 0 saturated carbocycles. The van der Waals surface area contributed by atoms with E-state index in [1.54, 1.807) is 23.9 Å². The van der Waals surface area contributed by atoms with Crippen molar-refractivity contribution >= 4 is 31.9 Å². The first kappa shape index (κ1) is 13.5. The Morgan fingerprint density at radius 1 is 1.44 bits per heavy atom. The molecule has 0 bridgehead atoms. The van der Waals surface area contributed by atoms with Gasteiger partial charge in [0.2, 0.25) is 5.88 Å². The number of aryl methyl sites for hydroxylation is 2. The first-order valence-corrected chi connectivity index (χ1v) is 7.15. The molecule has 0 radical (unpaired) electrons. The second kappa shape index (κ2) is 5.40. The molecular weight excluding hydrogens is 367 g/mol. The van der Waals surface area contributed by atoms with E-state index in [0.717, 1.165) is 11.3 Å². The molecule has 0 atom stereocenters. The summed E-state index contributed by atoms with van der Waals surface area (Å²) in [7, 11) is 1.80. The van der Waals surface area contributed by atoms with E-state index >= 15 is 0 Å². The maximum absolute atomic E-state index is 13.4. The van der Waals surface area contributed by atoms with E-state index in [1.807, 2.05) is 6.92 Å². The molecule has 2 rings (SSSR count).